The van der Waals surface area contributed by atoms with E-state index < -0.39 is 0 Å². The van der Waals surface area contributed by atoms with Crippen molar-refractivity contribution in [3.05, 3.63) is 30.1 Å². The number of fused-ring (bicyclic) bond motifs is 1. The first-order chi connectivity index (χ1) is 10.2. The molecule has 1 aliphatic rings. The summed E-state index contributed by atoms with van der Waals surface area (Å²) < 4.78 is 15.9. The molecule has 0 atom stereocenters. The van der Waals surface area contributed by atoms with E-state index in [4.69, 9.17) is 19.7 Å². The molecule has 3 aromatic rings. The van der Waals surface area contributed by atoms with Gasteiger partial charge in [-0.15, -0.1) is 0 Å². The van der Waals surface area contributed by atoms with Gasteiger partial charge >= 0.3 is 0 Å². The van der Waals surface area contributed by atoms with E-state index in [-0.39, 0.29) is 12.7 Å². The summed E-state index contributed by atoms with van der Waals surface area (Å²) in [6.45, 7) is 2.14. The number of hydrogen-bond donors (Lipinski definition) is 2. The molecular formula is C14H12N4O3. The third-order valence-corrected chi connectivity index (χ3v) is 3.46. The number of benzene rings is 1. The van der Waals surface area contributed by atoms with E-state index in [0.29, 0.717) is 11.4 Å². The molecule has 3 N–H and O–H groups in total. The highest BCUT2D eigenvalue weighted by atomic mass is 16.7. The largest absolute Gasteiger partial charge is 0.454 e. The Balaban J connectivity index is 1.89. The lowest BCUT2D eigenvalue weighted by molar-refractivity contribution is 0.174. The van der Waals surface area contributed by atoms with Gasteiger partial charge in [-0.1, -0.05) is 11.2 Å². The molecule has 1 aliphatic heterocycles. The predicted octanol–water partition coefficient (Wildman–Crippen LogP) is 2.35. The first-order valence-corrected chi connectivity index (χ1v) is 6.39. The third kappa shape index (κ3) is 1.74. The van der Waals surface area contributed by atoms with E-state index in [1.165, 1.54) is 0 Å². The van der Waals surface area contributed by atoms with Crippen LogP contribution in [0.1, 0.15) is 5.69 Å². The molecule has 0 amide bonds. The number of H-pyrrole nitrogens is 1. The molecule has 4 rings (SSSR count). The SMILES string of the molecule is Cc1[nH]ncc1-c1noc(N)c1-c1ccc2c(c1)OCO2. The Bertz CT molecular complexity index is 821. The molecule has 21 heavy (non-hydrogen) atoms. The highest BCUT2D eigenvalue weighted by molar-refractivity contribution is 5.88. The van der Waals surface area contributed by atoms with Crippen molar-refractivity contribution in [3.8, 4) is 33.9 Å². The van der Waals surface area contributed by atoms with Crippen molar-refractivity contribution in [3.63, 3.8) is 0 Å². The normalized spacial score (nSPS) is 12.8. The third-order valence-electron chi connectivity index (χ3n) is 3.46. The average Bonchev–Trinajstić information content (AvgIpc) is 3.17. The first-order valence-electron chi connectivity index (χ1n) is 6.39. The van der Waals surface area contributed by atoms with Gasteiger partial charge in [0.05, 0.1) is 11.8 Å². The second-order valence-electron chi connectivity index (χ2n) is 4.75. The average molecular weight is 284 g/mol. The molecule has 2 aromatic heterocycles. The van der Waals surface area contributed by atoms with Crippen LogP contribution < -0.4 is 15.2 Å². The molecule has 0 radical (unpaired) electrons. The summed E-state index contributed by atoms with van der Waals surface area (Å²) in [6.07, 6.45) is 1.70. The fourth-order valence-corrected chi connectivity index (χ4v) is 2.41. The van der Waals surface area contributed by atoms with E-state index >= 15 is 0 Å². The standard InChI is InChI=1S/C14H12N4O3/c1-7-9(5-16-17-7)13-12(14(15)21-18-13)8-2-3-10-11(4-8)20-6-19-10/h2-5H,6,15H2,1H3,(H,16,17). The minimum Gasteiger partial charge on any atom is -0.454 e. The Hall–Kier alpha value is -2.96. The van der Waals surface area contributed by atoms with Crippen LogP contribution in [-0.2, 0) is 0 Å². The molecular weight excluding hydrogens is 272 g/mol. The summed E-state index contributed by atoms with van der Waals surface area (Å²) in [5.74, 6) is 1.65. The van der Waals surface area contributed by atoms with Crippen LogP contribution in [0.15, 0.2) is 28.9 Å². The molecule has 0 aliphatic carbocycles. The Morgan fingerprint density at radius 3 is 2.90 bits per heavy atom. The molecule has 3 heterocycles. The van der Waals surface area contributed by atoms with Crippen LogP contribution in [0.4, 0.5) is 5.88 Å². The molecule has 0 fully saturated rings. The number of rotatable bonds is 2. The smallest absolute Gasteiger partial charge is 0.231 e. The quantitative estimate of drug-likeness (QED) is 0.749. The van der Waals surface area contributed by atoms with Gasteiger partial charge in [-0.2, -0.15) is 5.10 Å². The molecule has 0 saturated carbocycles. The number of hydrogen-bond acceptors (Lipinski definition) is 6. The zero-order valence-corrected chi connectivity index (χ0v) is 11.2. The number of nitrogens with one attached hydrogen (secondary N) is 1. The molecule has 7 nitrogen and oxygen atoms in total. The number of ether oxygens (including phenoxy) is 2. The Labute approximate surface area is 119 Å². The van der Waals surface area contributed by atoms with Crippen LogP contribution in [-0.4, -0.2) is 22.1 Å². The second-order valence-corrected chi connectivity index (χ2v) is 4.75. The number of nitrogen functional groups attached to an aromatic ring is 1. The van der Waals surface area contributed by atoms with Crippen LogP contribution in [0.5, 0.6) is 11.5 Å². The summed E-state index contributed by atoms with van der Waals surface area (Å²) in [5, 5.41) is 10.9. The number of nitrogens with two attached hydrogens (primary N) is 1. The minimum atomic E-state index is 0.228. The molecule has 7 heteroatoms. The van der Waals surface area contributed by atoms with Crippen LogP contribution in [0.25, 0.3) is 22.4 Å². The highest BCUT2D eigenvalue weighted by Crippen LogP contribution is 2.41. The van der Waals surface area contributed by atoms with E-state index in [2.05, 4.69) is 15.4 Å². The van der Waals surface area contributed by atoms with Gasteiger partial charge in [0.1, 0.15) is 5.69 Å². The monoisotopic (exact) mass is 284 g/mol. The van der Waals surface area contributed by atoms with Crippen molar-refractivity contribution in [2.75, 3.05) is 12.5 Å². The van der Waals surface area contributed by atoms with Crippen molar-refractivity contribution >= 4 is 5.88 Å². The summed E-state index contributed by atoms with van der Waals surface area (Å²) in [7, 11) is 0. The van der Waals surface area contributed by atoms with Crippen LogP contribution in [0.3, 0.4) is 0 Å². The van der Waals surface area contributed by atoms with Gasteiger partial charge in [-0.25, -0.2) is 0 Å². The lowest BCUT2D eigenvalue weighted by Gasteiger charge is -2.03. The second kappa shape index (κ2) is 4.27. The molecule has 106 valence electrons. The number of aromatic nitrogens is 3. The van der Waals surface area contributed by atoms with Crippen LogP contribution in [0, 0.1) is 6.92 Å². The lowest BCUT2D eigenvalue weighted by atomic mass is 10.0. The number of anilines is 1. The highest BCUT2D eigenvalue weighted by Gasteiger charge is 2.22. The van der Waals surface area contributed by atoms with Gasteiger partial charge in [0.2, 0.25) is 12.7 Å². The van der Waals surface area contributed by atoms with Gasteiger partial charge in [-0.05, 0) is 24.6 Å². The van der Waals surface area contributed by atoms with Crippen molar-refractivity contribution in [1.29, 1.82) is 0 Å². The molecule has 1 aromatic carbocycles. The van der Waals surface area contributed by atoms with Crippen LogP contribution in [0.2, 0.25) is 0 Å². The first kappa shape index (κ1) is 11.8. The minimum absolute atomic E-state index is 0.228. The summed E-state index contributed by atoms with van der Waals surface area (Å²) in [5.41, 5.74) is 9.91. The van der Waals surface area contributed by atoms with Crippen molar-refractivity contribution in [1.82, 2.24) is 15.4 Å². The predicted molar refractivity (Wildman–Crippen MR) is 74.8 cm³/mol. The maximum atomic E-state index is 5.94. The van der Waals surface area contributed by atoms with Gasteiger partial charge in [0.25, 0.3) is 0 Å². The number of nitrogens with zero attached hydrogens (tertiary/aromatic N) is 2. The fourth-order valence-electron chi connectivity index (χ4n) is 2.41. The van der Waals surface area contributed by atoms with Crippen molar-refractivity contribution < 1.29 is 14.0 Å². The fraction of sp³-hybridized carbons (Fsp3) is 0.143. The van der Waals surface area contributed by atoms with Crippen LogP contribution >= 0.6 is 0 Å². The van der Waals surface area contributed by atoms with Gasteiger partial charge in [0.15, 0.2) is 11.5 Å². The number of aryl methyl sites for hydroxylation is 1. The van der Waals surface area contributed by atoms with Gasteiger partial charge in [-0.3, -0.25) is 5.10 Å². The zero-order valence-electron chi connectivity index (χ0n) is 11.2. The Morgan fingerprint density at radius 2 is 2.10 bits per heavy atom. The summed E-state index contributed by atoms with van der Waals surface area (Å²) in [4.78, 5) is 0. The maximum Gasteiger partial charge on any atom is 0.231 e. The van der Waals surface area contributed by atoms with Crippen molar-refractivity contribution in [2.45, 2.75) is 6.92 Å². The Kier molecular flexibility index (Phi) is 2.41. The topological polar surface area (TPSA) is 99.2 Å². The number of aromatic amines is 1. The lowest BCUT2D eigenvalue weighted by Crippen LogP contribution is -1.93. The van der Waals surface area contributed by atoms with E-state index in [1.54, 1.807) is 6.20 Å². The molecule has 0 saturated heterocycles. The zero-order chi connectivity index (χ0) is 14.4. The molecule has 0 bridgehead atoms. The summed E-state index contributed by atoms with van der Waals surface area (Å²) >= 11 is 0. The van der Waals surface area contributed by atoms with Gasteiger partial charge < -0.3 is 19.7 Å². The summed E-state index contributed by atoms with van der Waals surface area (Å²) in [6, 6.07) is 5.61. The Morgan fingerprint density at radius 1 is 1.24 bits per heavy atom. The van der Waals surface area contributed by atoms with E-state index in [9.17, 15) is 0 Å². The van der Waals surface area contributed by atoms with Crippen molar-refractivity contribution in [2.24, 2.45) is 0 Å². The van der Waals surface area contributed by atoms with E-state index in [0.717, 1.165) is 28.1 Å². The van der Waals surface area contributed by atoms with Gasteiger partial charge in [0, 0.05) is 11.3 Å². The van der Waals surface area contributed by atoms with E-state index in [1.807, 2.05) is 25.1 Å². The molecule has 0 unspecified atom stereocenters. The maximum absolute atomic E-state index is 5.94. The molecule has 0 spiro atoms.